The zero-order chi connectivity index (χ0) is 22.9. The molecule has 180 valence electrons. The van der Waals surface area contributed by atoms with Crippen LogP contribution in [0.3, 0.4) is 0 Å². The van der Waals surface area contributed by atoms with Gasteiger partial charge >= 0.3 is 0 Å². The van der Waals surface area contributed by atoms with Crippen molar-refractivity contribution in [2.45, 2.75) is 79.9 Å². The molecule has 0 unspecified atom stereocenters. The summed E-state index contributed by atoms with van der Waals surface area (Å²) in [5, 5.41) is 53.2. The molecule has 0 bridgehead atoms. The Kier molecular flexibility index (Phi) is 8.23. The summed E-state index contributed by atoms with van der Waals surface area (Å²) in [6.07, 6.45) is -9.14. The van der Waals surface area contributed by atoms with E-state index in [1.165, 1.54) is 6.08 Å². The molecular formula is C18H34N4O9. The van der Waals surface area contributed by atoms with E-state index >= 15 is 0 Å². The molecular weight excluding hydrogens is 416 g/mol. The lowest BCUT2D eigenvalue weighted by Crippen LogP contribution is -2.65. The maximum atomic E-state index is 10.7. The highest BCUT2D eigenvalue weighted by Crippen LogP contribution is 2.31. The molecule has 2 aliphatic heterocycles. The number of nitrogens with one attached hydrogen (secondary N) is 1. The van der Waals surface area contributed by atoms with E-state index in [4.69, 9.17) is 36.1 Å². The van der Waals surface area contributed by atoms with Crippen LogP contribution in [0, 0.1) is 0 Å². The van der Waals surface area contributed by atoms with E-state index in [0.717, 1.165) is 0 Å². The first-order valence-electron chi connectivity index (χ1n) is 10.3. The highest BCUT2D eigenvalue weighted by atomic mass is 16.7. The van der Waals surface area contributed by atoms with Crippen molar-refractivity contribution in [2.75, 3.05) is 20.2 Å². The number of aliphatic hydroxyl groups excluding tert-OH is 5. The summed E-state index contributed by atoms with van der Waals surface area (Å²) in [5.41, 5.74) is 18.2. The molecule has 0 radical (unpaired) electrons. The number of likely N-dealkylation sites (N-methyl/N-ethyl adjacent to an activating group) is 1. The summed E-state index contributed by atoms with van der Waals surface area (Å²) in [5.74, 6) is 0.421. The molecule has 3 aliphatic rings. The van der Waals surface area contributed by atoms with Gasteiger partial charge in [-0.25, -0.2) is 0 Å². The van der Waals surface area contributed by atoms with Crippen molar-refractivity contribution < 1.29 is 44.5 Å². The molecule has 1 saturated carbocycles. The van der Waals surface area contributed by atoms with Gasteiger partial charge in [-0.15, -0.1) is 0 Å². The molecule has 12 atom stereocenters. The van der Waals surface area contributed by atoms with Crippen molar-refractivity contribution in [3.8, 4) is 0 Å². The fourth-order valence-electron chi connectivity index (χ4n) is 4.02. The first-order chi connectivity index (χ1) is 14.7. The van der Waals surface area contributed by atoms with Crippen molar-refractivity contribution >= 4 is 0 Å². The summed E-state index contributed by atoms with van der Waals surface area (Å²) < 4.78 is 22.8. The molecule has 13 heteroatoms. The Labute approximate surface area is 179 Å². The molecule has 12 N–H and O–H groups in total. The first-order valence-corrected chi connectivity index (χ1v) is 10.3. The van der Waals surface area contributed by atoms with E-state index in [-0.39, 0.29) is 6.42 Å². The molecule has 1 aliphatic carbocycles. The minimum atomic E-state index is -1.47. The van der Waals surface area contributed by atoms with Gasteiger partial charge in [-0.05, 0) is 19.5 Å². The predicted octanol–water partition coefficient (Wildman–Crippen LogP) is -5.24. The number of rotatable bonds is 7. The van der Waals surface area contributed by atoms with Crippen molar-refractivity contribution in [3.63, 3.8) is 0 Å². The standard InChI is InChI=1S/C18H34N4O9/c1-22-4-6-2-9(24)11(21)17(28-6)30-15-8(20)3-7(19)12(25)16(15)31-18-14(27)13(26)10(5-23)29-18/h2,7-18,22-27H,3-5,19-21H2,1H3/t7-,8+,9+,10-,11-,12+,13-,14-,15-,16-,17-,18+/m1/s1. The monoisotopic (exact) mass is 450 g/mol. The molecule has 2 fully saturated rings. The molecule has 31 heavy (non-hydrogen) atoms. The van der Waals surface area contributed by atoms with Crippen LogP contribution >= 0.6 is 0 Å². The zero-order valence-corrected chi connectivity index (χ0v) is 17.2. The highest BCUT2D eigenvalue weighted by molar-refractivity contribution is 5.08. The van der Waals surface area contributed by atoms with E-state index < -0.39 is 80.0 Å². The molecule has 13 nitrogen and oxygen atoms in total. The minimum absolute atomic E-state index is 0.200. The van der Waals surface area contributed by atoms with Gasteiger partial charge in [0, 0.05) is 12.1 Å². The lowest BCUT2D eigenvalue weighted by atomic mass is 9.84. The SMILES string of the molecule is CNCC1=C[C@H](O)[C@@H](N)[C@@H](O[C@H]2[C@H](O[C@@H]3O[C@H](CO)[C@@H](O)[C@H]3O)[C@@H](O)[C@H](N)C[C@@H]2N)O1. The number of ether oxygens (including phenoxy) is 4. The number of nitrogens with two attached hydrogens (primary N) is 3. The second-order valence-electron chi connectivity index (χ2n) is 8.18. The van der Waals surface area contributed by atoms with E-state index in [2.05, 4.69) is 5.32 Å². The first kappa shape index (κ1) is 24.7. The second kappa shape index (κ2) is 10.3. The van der Waals surface area contributed by atoms with E-state index in [1.54, 1.807) is 7.05 Å². The maximum absolute atomic E-state index is 10.7. The van der Waals surface area contributed by atoms with Crippen LogP contribution in [0.2, 0.25) is 0 Å². The van der Waals surface area contributed by atoms with Crippen molar-refractivity contribution in [1.29, 1.82) is 0 Å². The van der Waals surface area contributed by atoms with Gasteiger partial charge < -0.3 is 67.0 Å². The van der Waals surface area contributed by atoms with Crippen LogP contribution in [0.1, 0.15) is 6.42 Å². The normalized spacial score (nSPS) is 48.4. The Morgan fingerprint density at radius 1 is 1.00 bits per heavy atom. The van der Waals surface area contributed by atoms with E-state index in [9.17, 15) is 25.5 Å². The van der Waals surface area contributed by atoms with Gasteiger partial charge in [-0.2, -0.15) is 0 Å². The van der Waals surface area contributed by atoms with Gasteiger partial charge in [0.05, 0.1) is 31.4 Å². The zero-order valence-electron chi connectivity index (χ0n) is 17.2. The fourth-order valence-corrected chi connectivity index (χ4v) is 4.02. The third kappa shape index (κ3) is 5.19. The van der Waals surface area contributed by atoms with Crippen molar-refractivity contribution in [1.82, 2.24) is 5.32 Å². The summed E-state index contributed by atoms with van der Waals surface area (Å²) >= 11 is 0. The Morgan fingerprint density at radius 3 is 2.29 bits per heavy atom. The summed E-state index contributed by atoms with van der Waals surface area (Å²) in [6.45, 7) is -0.205. The van der Waals surface area contributed by atoms with E-state index in [1.807, 2.05) is 0 Å². The molecule has 0 aromatic rings. The van der Waals surface area contributed by atoms with Crippen LogP contribution < -0.4 is 22.5 Å². The van der Waals surface area contributed by atoms with Crippen LogP contribution in [-0.4, -0.2) is 119 Å². The Bertz CT molecular complexity index is 629. The summed E-state index contributed by atoms with van der Waals surface area (Å²) in [6, 6.07) is -2.38. The molecule has 0 aromatic carbocycles. The van der Waals surface area contributed by atoms with Crippen molar-refractivity contribution in [2.24, 2.45) is 17.2 Å². The largest absolute Gasteiger partial charge is 0.466 e. The van der Waals surface area contributed by atoms with Crippen molar-refractivity contribution in [3.05, 3.63) is 11.8 Å². The lowest BCUT2D eigenvalue weighted by Gasteiger charge is -2.45. The second-order valence-corrected chi connectivity index (χ2v) is 8.18. The van der Waals surface area contributed by atoms with Crippen LogP contribution in [-0.2, 0) is 18.9 Å². The molecule has 0 aromatic heterocycles. The molecule has 2 heterocycles. The lowest BCUT2D eigenvalue weighted by molar-refractivity contribution is -0.275. The Balaban J connectivity index is 1.77. The van der Waals surface area contributed by atoms with Gasteiger partial charge in [-0.3, -0.25) is 0 Å². The third-order valence-corrected chi connectivity index (χ3v) is 5.83. The van der Waals surface area contributed by atoms with Crippen LogP contribution in [0.5, 0.6) is 0 Å². The van der Waals surface area contributed by atoms with E-state index in [0.29, 0.717) is 12.3 Å². The fraction of sp³-hybridized carbons (Fsp3) is 0.889. The summed E-state index contributed by atoms with van der Waals surface area (Å²) in [4.78, 5) is 0. The average molecular weight is 450 g/mol. The molecule has 0 amide bonds. The molecule has 0 spiro atoms. The molecule has 1 saturated heterocycles. The number of hydrogen-bond donors (Lipinski definition) is 9. The predicted molar refractivity (Wildman–Crippen MR) is 105 cm³/mol. The van der Waals surface area contributed by atoms with Gasteiger partial charge in [-0.1, -0.05) is 0 Å². The van der Waals surface area contributed by atoms with Gasteiger partial charge in [0.25, 0.3) is 0 Å². The Hall–Kier alpha value is -0.940. The number of hydrogen-bond acceptors (Lipinski definition) is 13. The number of aliphatic hydroxyl groups is 5. The van der Waals surface area contributed by atoms with Crippen LogP contribution in [0.15, 0.2) is 11.8 Å². The smallest absolute Gasteiger partial charge is 0.218 e. The third-order valence-electron chi connectivity index (χ3n) is 5.83. The van der Waals surface area contributed by atoms with Gasteiger partial charge in [0.15, 0.2) is 6.29 Å². The van der Waals surface area contributed by atoms with Gasteiger partial charge in [0.1, 0.15) is 36.3 Å². The maximum Gasteiger partial charge on any atom is 0.218 e. The average Bonchev–Trinajstić information content (AvgIpc) is 3.00. The van der Waals surface area contributed by atoms with Gasteiger partial charge in [0.2, 0.25) is 6.29 Å². The minimum Gasteiger partial charge on any atom is -0.466 e. The Morgan fingerprint density at radius 2 is 1.68 bits per heavy atom. The summed E-state index contributed by atoms with van der Waals surface area (Å²) in [7, 11) is 1.71. The van der Waals surface area contributed by atoms with Crippen LogP contribution in [0.25, 0.3) is 0 Å². The topological polar surface area (TPSA) is 228 Å². The molecule has 3 rings (SSSR count). The highest BCUT2D eigenvalue weighted by Gasteiger charge is 2.51. The van der Waals surface area contributed by atoms with Crippen LogP contribution in [0.4, 0.5) is 0 Å². The quantitative estimate of drug-likeness (QED) is 0.177.